The van der Waals surface area contributed by atoms with Gasteiger partial charge in [0.25, 0.3) is 0 Å². The van der Waals surface area contributed by atoms with Gasteiger partial charge < -0.3 is 10.2 Å². The lowest BCUT2D eigenvalue weighted by atomic mass is 10.0. The molecule has 5 heteroatoms. The molecule has 0 aliphatic rings. The summed E-state index contributed by atoms with van der Waals surface area (Å²) in [5.74, 6) is -0.882. The fourth-order valence-corrected chi connectivity index (χ4v) is 1.88. The maximum atomic E-state index is 11.6. The van der Waals surface area contributed by atoms with Gasteiger partial charge in [0, 0.05) is 23.1 Å². The van der Waals surface area contributed by atoms with Gasteiger partial charge in [-0.1, -0.05) is 0 Å². The second-order valence-corrected chi connectivity index (χ2v) is 4.73. The van der Waals surface area contributed by atoms with E-state index in [2.05, 4.69) is 0 Å². The number of aryl methyl sites for hydroxylation is 1. The van der Waals surface area contributed by atoms with E-state index in [1.54, 1.807) is 6.92 Å². The van der Waals surface area contributed by atoms with Gasteiger partial charge in [0.2, 0.25) is 0 Å². The second kappa shape index (κ2) is 4.44. The quantitative estimate of drug-likeness (QED) is 0.756. The van der Waals surface area contributed by atoms with Gasteiger partial charge in [-0.15, -0.1) is 0 Å². The maximum Gasteiger partial charge on any atom is 0.179 e. The third-order valence-electron chi connectivity index (χ3n) is 1.91. The largest absolute Gasteiger partial charge is 0.508 e. The number of phenolic OH excluding ortho intramolecular Hbond substituents is 2. The van der Waals surface area contributed by atoms with E-state index in [0.717, 1.165) is 6.07 Å². The van der Waals surface area contributed by atoms with Crippen LogP contribution in [0.1, 0.15) is 15.9 Å². The van der Waals surface area contributed by atoms with Crippen molar-refractivity contribution in [3.05, 3.63) is 23.3 Å². The van der Waals surface area contributed by atoms with Gasteiger partial charge in [-0.2, -0.15) is 0 Å². The minimum atomic E-state index is -1.24. The summed E-state index contributed by atoms with van der Waals surface area (Å²) in [5.41, 5.74) is 0.603. The predicted molar refractivity (Wildman–Crippen MR) is 57.8 cm³/mol. The smallest absolute Gasteiger partial charge is 0.179 e. The van der Waals surface area contributed by atoms with E-state index in [4.69, 9.17) is 5.11 Å². The molecule has 1 aromatic carbocycles. The summed E-state index contributed by atoms with van der Waals surface area (Å²) in [6, 6.07) is 2.48. The minimum absolute atomic E-state index is 0.0980. The van der Waals surface area contributed by atoms with Crippen molar-refractivity contribution < 1.29 is 19.2 Å². The number of aromatic hydroxyl groups is 2. The SMILES string of the molecule is Cc1cc(O)cc(O)c1C(=O)CS(C)=O. The van der Waals surface area contributed by atoms with E-state index < -0.39 is 10.8 Å². The number of benzene rings is 1. The van der Waals surface area contributed by atoms with Crippen LogP contribution in [0.15, 0.2) is 12.1 Å². The van der Waals surface area contributed by atoms with E-state index >= 15 is 0 Å². The highest BCUT2D eigenvalue weighted by Gasteiger charge is 2.16. The van der Waals surface area contributed by atoms with E-state index in [1.807, 2.05) is 0 Å². The summed E-state index contributed by atoms with van der Waals surface area (Å²) >= 11 is 0. The molecule has 15 heavy (non-hydrogen) atoms. The highest BCUT2D eigenvalue weighted by atomic mass is 32.2. The molecule has 0 heterocycles. The minimum Gasteiger partial charge on any atom is -0.508 e. The molecule has 82 valence electrons. The number of carbonyl (C=O) groups excluding carboxylic acids is 1. The summed E-state index contributed by atoms with van der Waals surface area (Å²) in [7, 11) is -1.24. The Balaban J connectivity index is 3.14. The van der Waals surface area contributed by atoms with Gasteiger partial charge in [0.1, 0.15) is 11.5 Å². The van der Waals surface area contributed by atoms with Crippen molar-refractivity contribution >= 4 is 16.6 Å². The molecular formula is C10H12O4S. The average Bonchev–Trinajstić information content (AvgIpc) is 1.99. The summed E-state index contributed by atoms with van der Waals surface area (Å²) in [4.78, 5) is 11.6. The Morgan fingerprint density at radius 3 is 2.47 bits per heavy atom. The van der Waals surface area contributed by atoms with Crippen LogP contribution in [0.2, 0.25) is 0 Å². The lowest BCUT2D eigenvalue weighted by molar-refractivity contribution is 0.101. The Morgan fingerprint density at radius 1 is 1.40 bits per heavy atom. The van der Waals surface area contributed by atoms with Gasteiger partial charge in [0.15, 0.2) is 5.78 Å². The molecular weight excluding hydrogens is 216 g/mol. The fraction of sp³-hybridized carbons (Fsp3) is 0.300. The normalized spacial score (nSPS) is 12.4. The first-order chi connectivity index (χ1) is 6.91. The van der Waals surface area contributed by atoms with Crippen LogP contribution in [-0.4, -0.2) is 32.2 Å². The van der Waals surface area contributed by atoms with Crippen molar-refractivity contribution in [1.29, 1.82) is 0 Å². The number of carbonyl (C=O) groups is 1. The third-order valence-corrected chi connectivity index (χ3v) is 2.58. The van der Waals surface area contributed by atoms with E-state index in [0.29, 0.717) is 5.56 Å². The number of hydrogen-bond donors (Lipinski definition) is 2. The van der Waals surface area contributed by atoms with Gasteiger partial charge in [-0.25, -0.2) is 0 Å². The van der Waals surface area contributed by atoms with E-state index in [1.165, 1.54) is 12.3 Å². The van der Waals surface area contributed by atoms with Gasteiger partial charge in [-0.05, 0) is 18.6 Å². The van der Waals surface area contributed by atoms with Gasteiger partial charge in [-0.3, -0.25) is 9.00 Å². The van der Waals surface area contributed by atoms with Gasteiger partial charge >= 0.3 is 0 Å². The fourth-order valence-electron chi connectivity index (χ4n) is 1.37. The van der Waals surface area contributed by atoms with Crippen LogP contribution in [0, 0.1) is 6.92 Å². The summed E-state index contributed by atoms with van der Waals surface area (Å²) in [6.07, 6.45) is 1.42. The van der Waals surface area contributed by atoms with Crippen molar-refractivity contribution in [3.8, 4) is 11.5 Å². The lowest BCUT2D eigenvalue weighted by Gasteiger charge is -2.07. The molecule has 0 saturated heterocycles. The second-order valence-electron chi connectivity index (χ2n) is 3.30. The third kappa shape index (κ3) is 2.79. The van der Waals surface area contributed by atoms with E-state index in [9.17, 15) is 14.1 Å². The van der Waals surface area contributed by atoms with Gasteiger partial charge in [0.05, 0.1) is 11.3 Å². The summed E-state index contributed by atoms with van der Waals surface area (Å²) in [6.45, 7) is 1.60. The molecule has 0 spiro atoms. The van der Waals surface area contributed by atoms with Crippen LogP contribution in [0.3, 0.4) is 0 Å². The van der Waals surface area contributed by atoms with Crippen LogP contribution < -0.4 is 0 Å². The average molecular weight is 228 g/mol. The van der Waals surface area contributed by atoms with Crippen molar-refractivity contribution in [1.82, 2.24) is 0 Å². The van der Waals surface area contributed by atoms with Crippen LogP contribution in [0.4, 0.5) is 0 Å². The van der Waals surface area contributed by atoms with Crippen LogP contribution >= 0.6 is 0 Å². The standard InChI is InChI=1S/C10H12O4S/c1-6-3-7(11)4-8(12)10(6)9(13)5-15(2)14/h3-4,11-12H,5H2,1-2H3. The Hall–Kier alpha value is -1.36. The molecule has 1 unspecified atom stereocenters. The first-order valence-electron chi connectivity index (χ1n) is 4.27. The highest BCUT2D eigenvalue weighted by Crippen LogP contribution is 2.27. The molecule has 1 aromatic rings. The molecule has 0 radical (unpaired) electrons. The van der Waals surface area contributed by atoms with Crippen molar-refractivity contribution in [2.24, 2.45) is 0 Å². The van der Waals surface area contributed by atoms with Crippen molar-refractivity contribution in [3.63, 3.8) is 0 Å². The highest BCUT2D eigenvalue weighted by molar-refractivity contribution is 7.85. The first-order valence-corrected chi connectivity index (χ1v) is 6.00. The lowest BCUT2D eigenvalue weighted by Crippen LogP contribution is -2.11. The summed E-state index contributed by atoms with van der Waals surface area (Å²) < 4.78 is 10.9. The number of hydrogen-bond acceptors (Lipinski definition) is 4. The molecule has 0 fully saturated rings. The van der Waals surface area contributed by atoms with Crippen LogP contribution in [0.25, 0.3) is 0 Å². The Bertz CT molecular complexity index is 402. The first kappa shape index (κ1) is 11.7. The number of Topliss-reactive ketones (excluding diaryl/α,β-unsaturated/α-hetero) is 1. The Labute approximate surface area is 90.0 Å². The molecule has 0 saturated carbocycles. The Morgan fingerprint density at radius 2 is 2.00 bits per heavy atom. The zero-order valence-corrected chi connectivity index (χ0v) is 9.30. The number of rotatable bonds is 3. The molecule has 0 aromatic heterocycles. The number of phenols is 2. The van der Waals surface area contributed by atoms with Crippen molar-refractivity contribution in [2.75, 3.05) is 12.0 Å². The zero-order chi connectivity index (χ0) is 11.6. The molecule has 1 rings (SSSR count). The monoisotopic (exact) mass is 228 g/mol. The van der Waals surface area contributed by atoms with E-state index in [-0.39, 0.29) is 28.6 Å². The van der Waals surface area contributed by atoms with Crippen molar-refractivity contribution in [2.45, 2.75) is 6.92 Å². The predicted octanol–water partition coefficient (Wildman–Crippen LogP) is 0.967. The summed E-state index contributed by atoms with van der Waals surface area (Å²) in [5, 5.41) is 18.6. The molecule has 1 atom stereocenters. The molecule has 0 amide bonds. The molecule has 4 nitrogen and oxygen atoms in total. The van der Waals surface area contributed by atoms with Crippen LogP contribution in [-0.2, 0) is 10.8 Å². The number of ketones is 1. The molecule has 0 bridgehead atoms. The maximum absolute atomic E-state index is 11.6. The molecule has 2 N–H and O–H groups in total. The molecule has 0 aliphatic heterocycles. The van der Waals surface area contributed by atoms with Crippen LogP contribution in [0.5, 0.6) is 11.5 Å². The molecule has 0 aliphatic carbocycles. The zero-order valence-electron chi connectivity index (χ0n) is 8.48. The topological polar surface area (TPSA) is 74.6 Å². The Kier molecular flexibility index (Phi) is 3.47.